The summed E-state index contributed by atoms with van der Waals surface area (Å²) in [4.78, 5) is 0. The molecule has 0 aliphatic carbocycles. The van der Waals surface area contributed by atoms with Gasteiger partial charge in [-0.1, -0.05) is 0 Å². The first kappa shape index (κ1) is 9.45. The van der Waals surface area contributed by atoms with Crippen LogP contribution < -0.4 is 5.32 Å². The molecule has 1 aliphatic heterocycles. The normalized spacial score (nSPS) is 22.1. The average Bonchev–Trinajstić information content (AvgIpc) is 2.47. The highest BCUT2D eigenvalue weighted by Crippen LogP contribution is 2.30. The van der Waals surface area contributed by atoms with Crippen molar-refractivity contribution in [2.75, 3.05) is 6.54 Å². The Balaban J connectivity index is 2.46. The van der Waals surface area contributed by atoms with Crippen LogP contribution in [0.5, 0.6) is 0 Å². The third kappa shape index (κ3) is 1.37. The maximum Gasteiger partial charge on any atom is 0.451 e. The number of halogens is 3. The van der Waals surface area contributed by atoms with Gasteiger partial charge in [0.25, 0.3) is 0 Å². The molecule has 1 aliphatic rings. The molecule has 2 heterocycles. The summed E-state index contributed by atoms with van der Waals surface area (Å²) in [5.74, 6) is -0.551. The predicted molar refractivity (Wildman–Crippen MR) is 41.4 cm³/mol. The first-order valence-corrected chi connectivity index (χ1v) is 4.24. The van der Waals surface area contributed by atoms with Gasteiger partial charge < -0.3 is 9.88 Å². The number of nitrogens with one attached hydrogen (secondary N) is 1. The number of hydrogen-bond donors (Lipinski definition) is 1. The molecule has 0 bridgehead atoms. The van der Waals surface area contributed by atoms with Crippen molar-refractivity contribution in [1.29, 1.82) is 0 Å². The monoisotopic (exact) mass is 206 g/mol. The number of nitrogens with zero attached hydrogens (tertiary/aromatic N) is 3. The SMILES string of the molecule is C[C@H]1NCCn2c1nnc2C(F)(F)F. The van der Waals surface area contributed by atoms with Crippen molar-refractivity contribution in [3.63, 3.8) is 0 Å². The van der Waals surface area contributed by atoms with Gasteiger partial charge in [0.1, 0.15) is 5.82 Å². The van der Waals surface area contributed by atoms with E-state index in [0.717, 1.165) is 4.57 Å². The van der Waals surface area contributed by atoms with Crippen molar-refractivity contribution < 1.29 is 13.2 Å². The lowest BCUT2D eigenvalue weighted by Gasteiger charge is -2.22. The minimum atomic E-state index is -4.41. The zero-order valence-electron chi connectivity index (χ0n) is 7.47. The van der Waals surface area contributed by atoms with E-state index in [1.807, 2.05) is 0 Å². The van der Waals surface area contributed by atoms with Gasteiger partial charge in [0.15, 0.2) is 0 Å². The van der Waals surface area contributed by atoms with Gasteiger partial charge in [-0.25, -0.2) is 0 Å². The Labute approximate surface area is 78.1 Å². The van der Waals surface area contributed by atoms with Crippen molar-refractivity contribution in [1.82, 2.24) is 20.1 Å². The van der Waals surface area contributed by atoms with Crippen LogP contribution in [0, 0.1) is 0 Å². The summed E-state index contributed by atoms with van der Waals surface area (Å²) in [5, 5.41) is 9.71. The average molecular weight is 206 g/mol. The topological polar surface area (TPSA) is 42.7 Å². The molecule has 0 amide bonds. The minimum Gasteiger partial charge on any atom is -0.306 e. The van der Waals surface area contributed by atoms with E-state index in [1.165, 1.54) is 0 Å². The second kappa shape index (κ2) is 2.94. The molecule has 0 unspecified atom stereocenters. The Morgan fingerprint density at radius 3 is 2.79 bits per heavy atom. The number of rotatable bonds is 0. The number of aromatic nitrogens is 3. The van der Waals surface area contributed by atoms with Crippen LogP contribution in [0.15, 0.2) is 0 Å². The van der Waals surface area contributed by atoms with Crippen LogP contribution in [-0.4, -0.2) is 21.3 Å². The van der Waals surface area contributed by atoms with Crippen molar-refractivity contribution in [2.24, 2.45) is 0 Å². The lowest BCUT2D eigenvalue weighted by molar-refractivity contribution is -0.147. The van der Waals surface area contributed by atoms with Gasteiger partial charge in [-0.2, -0.15) is 13.2 Å². The standard InChI is InChI=1S/C7H9F3N4/c1-4-5-12-13-6(7(8,9)10)14(5)3-2-11-4/h4,11H,2-3H2,1H3/t4-/m1/s1. The first-order valence-electron chi connectivity index (χ1n) is 4.24. The lowest BCUT2D eigenvalue weighted by Crippen LogP contribution is -2.33. The first-order chi connectivity index (χ1) is 6.50. The molecular weight excluding hydrogens is 197 g/mol. The third-order valence-electron chi connectivity index (χ3n) is 2.21. The Bertz CT molecular complexity index is 343. The van der Waals surface area contributed by atoms with Gasteiger partial charge in [0.05, 0.1) is 6.04 Å². The van der Waals surface area contributed by atoms with Crippen LogP contribution in [0.25, 0.3) is 0 Å². The van der Waals surface area contributed by atoms with E-state index in [0.29, 0.717) is 12.4 Å². The molecule has 2 rings (SSSR count). The molecule has 0 spiro atoms. The van der Waals surface area contributed by atoms with Crippen LogP contribution >= 0.6 is 0 Å². The Morgan fingerprint density at radius 2 is 2.14 bits per heavy atom. The number of fused-ring (bicyclic) bond motifs is 1. The summed E-state index contributed by atoms with van der Waals surface area (Å²) in [6.07, 6.45) is -4.41. The quantitative estimate of drug-likeness (QED) is 0.687. The van der Waals surface area contributed by atoms with Crippen LogP contribution in [0.1, 0.15) is 24.6 Å². The number of alkyl halides is 3. The molecule has 14 heavy (non-hydrogen) atoms. The van der Waals surface area contributed by atoms with E-state index in [1.54, 1.807) is 6.92 Å². The van der Waals surface area contributed by atoms with Gasteiger partial charge in [0.2, 0.25) is 5.82 Å². The zero-order chi connectivity index (χ0) is 10.3. The molecule has 78 valence electrons. The van der Waals surface area contributed by atoms with E-state index in [9.17, 15) is 13.2 Å². The smallest absolute Gasteiger partial charge is 0.306 e. The molecule has 1 N–H and O–H groups in total. The maximum absolute atomic E-state index is 12.4. The van der Waals surface area contributed by atoms with Crippen molar-refractivity contribution in [3.05, 3.63) is 11.6 Å². The van der Waals surface area contributed by atoms with Crippen LogP contribution in [0.2, 0.25) is 0 Å². The van der Waals surface area contributed by atoms with Crippen LogP contribution in [0.3, 0.4) is 0 Å². The molecule has 4 nitrogen and oxygen atoms in total. The highest BCUT2D eigenvalue weighted by atomic mass is 19.4. The Kier molecular flexibility index (Phi) is 1.99. The van der Waals surface area contributed by atoms with E-state index in [4.69, 9.17) is 0 Å². The molecule has 0 aromatic carbocycles. The fourth-order valence-electron chi connectivity index (χ4n) is 1.55. The molecule has 1 aromatic heterocycles. The fraction of sp³-hybridized carbons (Fsp3) is 0.714. The zero-order valence-corrected chi connectivity index (χ0v) is 7.47. The van der Waals surface area contributed by atoms with Crippen molar-refractivity contribution in [3.8, 4) is 0 Å². The Morgan fingerprint density at radius 1 is 1.43 bits per heavy atom. The second-order valence-electron chi connectivity index (χ2n) is 3.21. The number of hydrogen-bond acceptors (Lipinski definition) is 3. The summed E-state index contributed by atoms with van der Waals surface area (Å²) >= 11 is 0. The van der Waals surface area contributed by atoms with Gasteiger partial charge in [-0.3, -0.25) is 0 Å². The van der Waals surface area contributed by atoms with Gasteiger partial charge in [-0.05, 0) is 6.92 Å². The molecular formula is C7H9F3N4. The summed E-state index contributed by atoms with van der Waals surface area (Å²) in [6, 6.07) is -0.174. The van der Waals surface area contributed by atoms with E-state index < -0.39 is 12.0 Å². The molecule has 7 heteroatoms. The summed E-state index contributed by atoms with van der Waals surface area (Å²) < 4.78 is 38.3. The van der Waals surface area contributed by atoms with Gasteiger partial charge in [0, 0.05) is 13.1 Å². The summed E-state index contributed by atoms with van der Waals surface area (Å²) in [6.45, 7) is 2.54. The molecule has 0 fully saturated rings. The molecule has 0 saturated heterocycles. The predicted octanol–water partition coefficient (Wildman–Crippen LogP) is 0.961. The molecule has 1 atom stereocenters. The molecule has 1 aromatic rings. The second-order valence-corrected chi connectivity index (χ2v) is 3.21. The van der Waals surface area contributed by atoms with E-state index in [2.05, 4.69) is 15.5 Å². The van der Waals surface area contributed by atoms with Gasteiger partial charge >= 0.3 is 6.18 Å². The van der Waals surface area contributed by atoms with Gasteiger partial charge in [-0.15, -0.1) is 10.2 Å². The molecule has 0 radical (unpaired) electrons. The maximum atomic E-state index is 12.4. The van der Waals surface area contributed by atoms with Crippen molar-refractivity contribution in [2.45, 2.75) is 25.7 Å². The fourth-order valence-corrected chi connectivity index (χ4v) is 1.55. The highest BCUT2D eigenvalue weighted by Gasteiger charge is 2.39. The largest absolute Gasteiger partial charge is 0.451 e. The minimum absolute atomic E-state index is 0.174. The van der Waals surface area contributed by atoms with E-state index >= 15 is 0 Å². The van der Waals surface area contributed by atoms with Crippen LogP contribution in [-0.2, 0) is 12.7 Å². The summed E-state index contributed by atoms with van der Waals surface area (Å²) in [5.41, 5.74) is 0. The van der Waals surface area contributed by atoms with Crippen LogP contribution in [0.4, 0.5) is 13.2 Å². The third-order valence-corrected chi connectivity index (χ3v) is 2.21. The highest BCUT2D eigenvalue weighted by molar-refractivity contribution is 5.05. The molecule has 0 saturated carbocycles. The van der Waals surface area contributed by atoms with E-state index in [-0.39, 0.29) is 12.6 Å². The van der Waals surface area contributed by atoms with Crippen molar-refractivity contribution >= 4 is 0 Å². The summed E-state index contributed by atoms with van der Waals surface area (Å²) in [7, 11) is 0. The Hall–Kier alpha value is -1.11. The lowest BCUT2D eigenvalue weighted by atomic mass is 10.2.